The average Bonchev–Trinajstić information content (AvgIpc) is 2.73. The Morgan fingerprint density at radius 2 is 1.62 bits per heavy atom. The summed E-state index contributed by atoms with van der Waals surface area (Å²) in [4.78, 5) is 4.16. The van der Waals surface area contributed by atoms with Gasteiger partial charge in [0.2, 0.25) is 0 Å². The fourth-order valence-corrected chi connectivity index (χ4v) is 1.78. The van der Waals surface area contributed by atoms with Gasteiger partial charge in [0.15, 0.2) is 0 Å². The Kier molecular flexibility index (Phi) is 3.51. The Bertz CT molecular complexity index is 412. The third-order valence-electron chi connectivity index (χ3n) is 2.84. The molecule has 0 radical (unpaired) electrons. The molecule has 0 aliphatic heterocycles. The minimum atomic E-state index is 0.857. The second kappa shape index (κ2) is 5.07. The number of rotatable bonds is 5. The predicted molar refractivity (Wildman–Crippen MR) is 65.3 cm³/mol. The molecule has 0 saturated heterocycles. The molecule has 0 N–H and O–H groups in total. The van der Waals surface area contributed by atoms with Crippen molar-refractivity contribution in [2.45, 2.75) is 20.4 Å². The summed E-state index contributed by atoms with van der Waals surface area (Å²) in [5.41, 5.74) is 1.95. The molecule has 0 aliphatic carbocycles. The maximum Gasteiger partial charge on any atom is 0.113 e. The number of likely N-dealkylation sites (N-methyl/N-ethyl adjacent to an activating group) is 1. The van der Waals surface area contributed by atoms with Gasteiger partial charge in [-0.1, -0.05) is 26.0 Å². The lowest BCUT2D eigenvalue weighted by molar-refractivity contribution is 0.278. The van der Waals surface area contributed by atoms with Crippen LogP contribution in [0.5, 0.6) is 0 Å². The SMILES string of the molecule is CCN(CC)CCn1nc2ccccc2n1. The molecule has 0 bridgehead atoms. The van der Waals surface area contributed by atoms with E-state index in [0.717, 1.165) is 37.2 Å². The highest BCUT2D eigenvalue weighted by molar-refractivity contribution is 5.72. The van der Waals surface area contributed by atoms with Crippen molar-refractivity contribution in [3.63, 3.8) is 0 Å². The van der Waals surface area contributed by atoms with Crippen LogP contribution in [0.1, 0.15) is 13.8 Å². The van der Waals surface area contributed by atoms with Crippen LogP contribution in [0.2, 0.25) is 0 Å². The van der Waals surface area contributed by atoms with Crippen molar-refractivity contribution in [2.75, 3.05) is 19.6 Å². The second-order valence-electron chi connectivity index (χ2n) is 3.81. The summed E-state index contributed by atoms with van der Waals surface area (Å²) in [6, 6.07) is 7.98. The average molecular weight is 218 g/mol. The Morgan fingerprint density at radius 1 is 1.06 bits per heavy atom. The van der Waals surface area contributed by atoms with Crippen LogP contribution < -0.4 is 0 Å². The van der Waals surface area contributed by atoms with E-state index in [4.69, 9.17) is 0 Å². The van der Waals surface area contributed by atoms with Crippen LogP contribution in [0.4, 0.5) is 0 Å². The van der Waals surface area contributed by atoms with Crippen molar-refractivity contribution in [3.05, 3.63) is 24.3 Å². The fraction of sp³-hybridized carbons (Fsp3) is 0.500. The number of hydrogen-bond donors (Lipinski definition) is 0. The highest BCUT2D eigenvalue weighted by atomic mass is 15.5. The van der Waals surface area contributed by atoms with Crippen LogP contribution in [-0.4, -0.2) is 39.5 Å². The number of aromatic nitrogens is 3. The zero-order valence-corrected chi connectivity index (χ0v) is 9.93. The first-order valence-corrected chi connectivity index (χ1v) is 5.85. The van der Waals surface area contributed by atoms with Gasteiger partial charge in [0.1, 0.15) is 11.0 Å². The molecule has 0 saturated carbocycles. The molecule has 1 heterocycles. The number of hydrogen-bond acceptors (Lipinski definition) is 3. The molecular formula is C12H18N4. The molecule has 86 valence electrons. The first-order valence-electron chi connectivity index (χ1n) is 5.85. The lowest BCUT2D eigenvalue weighted by Crippen LogP contribution is -2.27. The molecule has 0 spiro atoms. The van der Waals surface area contributed by atoms with Crippen molar-refractivity contribution in [1.29, 1.82) is 0 Å². The standard InChI is InChI=1S/C12H18N4/c1-3-15(4-2)9-10-16-13-11-7-5-6-8-12(11)14-16/h5-8H,3-4,9-10H2,1-2H3. The molecule has 1 aromatic carbocycles. The van der Waals surface area contributed by atoms with E-state index >= 15 is 0 Å². The highest BCUT2D eigenvalue weighted by Gasteiger charge is 2.03. The lowest BCUT2D eigenvalue weighted by Gasteiger charge is -2.16. The van der Waals surface area contributed by atoms with Crippen LogP contribution in [-0.2, 0) is 6.54 Å². The number of fused-ring (bicyclic) bond motifs is 1. The molecule has 4 nitrogen and oxygen atoms in total. The van der Waals surface area contributed by atoms with Crippen molar-refractivity contribution in [2.24, 2.45) is 0 Å². The van der Waals surface area contributed by atoms with Gasteiger partial charge in [-0.05, 0) is 25.2 Å². The summed E-state index contributed by atoms with van der Waals surface area (Å²) in [6.45, 7) is 8.38. The highest BCUT2D eigenvalue weighted by Crippen LogP contribution is 2.06. The minimum absolute atomic E-state index is 0.857. The first-order chi connectivity index (χ1) is 7.83. The maximum absolute atomic E-state index is 4.43. The van der Waals surface area contributed by atoms with Crippen LogP contribution in [0, 0.1) is 0 Å². The van der Waals surface area contributed by atoms with Crippen molar-refractivity contribution < 1.29 is 0 Å². The van der Waals surface area contributed by atoms with Gasteiger partial charge in [0, 0.05) is 6.54 Å². The van der Waals surface area contributed by atoms with E-state index in [-0.39, 0.29) is 0 Å². The molecule has 0 unspecified atom stereocenters. The van der Waals surface area contributed by atoms with E-state index in [1.807, 2.05) is 24.3 Å². The zero-order valence-electron chi connectivity index (χ0n) is 9.93. The Balaban J connectivity index is 2.04. The topological polar surface area (TPSA) is 34.0 Å². The molecular weight excluding hydrogens is 200 g/mol. The van der Waals surface area contributed by atoms with Gasteiger partial charge in [0.25, 0.3) is 0 Å². The van der Waals surface area contributed by atoms with Crippen molar-refractivity contribution in [1.82, 2.24) is 19.9 Å². The van der Waals surface area contributed by atoms with Crippen molar-refractivity contribution >= 4 is 11.0 Å². The van der Waals surface area contributed by atoms with Crippen molar-refractivity contribution in [3.8, 4) is 0 Å². The van der Waals surface area contributed by atoms with E-state index in [0.29, 0.717) is 0 Å². The summed E-state index contributed by atoms with van der Waals surface area (Å²) in [6.07, 6.45) is 0. The zero-order chi connectivity index (χ0) is 11.4. The van der Waals surface area contributed by atoms with E-state index in [9.17, 15) is 0 Å². The minimum Gasteiger partial charge on any atom is -0.302 e. The van der Waals surface area contributed by atoms with E-state index in [1.54, 1.807) is 4.80 Å². The van der Waals surface area contributed by atoms with Gasteiger partial charge in [-0.2, -0.15) is 15.0 Å². The number of nitrogens with zero attached hydrogens (tertiary/aromatic N) is 4. The summed E-state index contributed by atoms with van der Waals surface area (Å²) >= 11 is 0. The van der Waals surface area contributed by atoms with Gasteiger partial charge in [-0.3, -0.25) is 0 Å². The third kappa shape index (κ3) is 2.39. The molecule has 0 atom stereocenters. The first kappa shape index (κ1) is 11.1. The van der Waals surface area contributed by atoms with Crippen LogP contribution in [0.15, 0.2) is 24.3 Å². The van der Waals surface area contributed by atoms with Crippen LogP contribution in [0.3, 0.4) is 0 Å². The van der Waals surface area contributed by atoms with E-state index in [2.05, 4.69) is 28.9 Å². The monoisotopic (exact) mass is 218 g/mol. The Morgan fingerprint density at radius 3 is 2.12 bits per heavy atom. The second-order valence-corrected chi connectivity index (χ2v) is 3.81. The Labute approximate surface area is 95.9 Å². The third-order valence-corrected chi connectivity index (χ3v) is 2.84. The fourth-order valence-electron chi connectivity index (χ4n) is 1.78. The van der Waals surface area contributed by atoms with Gasteiger partial charge in [-0.15, -0.1) is 0 Å². The van der Waals surface area contributed by atoms with Crippen LogP contribution in [0.25, 0.3) is 11.0 Å². The molecule has 4 heteroatoms. The Hall–Kier alpha value is -1.42. The van der Waals surface area contributed by atoms with Gasteiger partial charge < -0.3 is 4.90 Å². The summed E-state index contributed by atoms with van der Waals surface area (Å²) in [5, 5.41) is 8.86. The predicted octanol–water partition coefficient (Wildman–Crippen LogP) is 1.77. The van der Waals surface area contributed by atoms with Gasteiger partial charge in [0.05, 0.1) is 6.54 Å². The summed E-state index contributed by atoms with van der Waals surface area (Å²) < 4.78 is 0. The quantitative estimate of drug-likeness (QED) is 0.767. The van der Waals surface area contributed by atoms with E-state index < -0.39 is 0 Å². The maximum atomic E-state index is 4.43. The molecule has 1 aromatic heterocycles. The normalized spacial score (nSPS) is 11.4. The molecule has 16 heavy (non-hydrogen) atoms. The molecule has 0 aliphatic rings. The van der Waals surface area contributed by atoms with Gasteiger partial charge >= 0.3 is 0 Å². The molecule has 2 aromatic rings. The number of benzene rings is 1. The lowest BCUT2D eigenvalue weighted by atomic mass is 10.3. The molecule has 0 amide bonds. The summed E-state index contributed by atoms with van der Waals surface area (Å²) in [7, 11) is 0. The smallest absolute Gasteiger partial charge is 0.113 e. The molecule has 0 fully saturated rings. The van der Waals surface area contributed by atoms with Crippen LogP contribution >= 0.6 is 0 Å². The summed E-state index contributed by atoms with van der Waals surface area (Å²) in [5.74, 6) is 0. The molecule has 2 rings (SSSR count). The van der Waals surface area contributed by atoms with E-state index in [1.165, 1.54) is 0 Å². The van der Waals surface area contributed by atoms with Gasteiger partial charge in [-0.25, -0.2) is 0 Å². The largest absolute Gasteiger partial charge is 0.302 e.